The largest absolute Gasteiger partial charge is 0.495 e. The molecule has 0 N–H and O–H groups in total. The van der Waals surface area contributed by atoms with Gasteiger partial charge >= 0.3 is 0 Å². The zero-order chi connectivity index (χ0) is 10.7. The Bertz CT molecular complexity index is 337. The van der Waals surface area contributed by atoms with Gasteiger partial charge in [0, 0.05) is 11.6 Å². The molecule has 0 aliphatic heterocycles. The summed E-state index contributed by atoms with van der Waals surface area (Å²) in [5.41, 5.74) is 0.918. The first-order valence-electron chi connectivity index (χ1n) is 4.10. The maximum atomic E-state index is 5.24. The molecule has 4 heteroatoms. The molecule has 1 rings (SSSR count). The van der Waals surface area contributed by atoms with E-state index in [1.807, 2.05) is 13.0 Å². The summed E-state index contributed by atoms with van der Waals surface area (Å²) in [6.45, 7) is 1.92. The summed E-state index contributed by atoms with van der Waals surface area (Å²) in [5, 5.41) is 0. The van der Waals surface area contributed by atoms with E-state index in [0.29, 0.717) is 11.5 Å². The maximum Gasteiger partial charge on any atom is 0.167 e. The molecule has 1 aromatic carbocycles. The van der Waals surface area contributed by atoms with Crippen molar-refractivity contribution in [1.82, 2.24) is 0 Å². The van der Waals surface area contributed by atoms with Crippen molar-refractivity contribution in [3.63, 3.8) is 0 Å². The lowest BCUT2D eigenvalue weighted by molar-refractivity contribution is 0.345. The summed E-state index contributed by atoms with van der Waals surface area (Å²) in [5.74, 6) is 2.16. The molecule has 0 atom stereocenters. The molecule has 78 valence electrons. The van der Waals surface area contributed by atoms with Crippen molar-refractivity contribution in [2.75, 3.05) is 21.3 Å². The zero-order valence-electron chi connectivity index (χ0n) is 8.68. The lowest BCUT2D eigenvalue weighted by atomic mass is 10.2. The summed E-state index contributed by atoms with van der Waals surface area (Å²) >= 11 is 3.40. The van der Waals surface area contributed by atoms with Crippen LogP contribution in [0.25, 0.3) is 0 Å². The Kier molecular flexibility index (Phi) is 3.63. The molecule has 0 aliphatic rings. The minimum Gasteiger partial charge on any atom is -0.495 e. The van der Waals surface area contributed by atoms with Crippen molar-refractivity contribution in [3.05, 3.63) is 16.1 Å². The second kappa shape index (κ2) is 4.55. The van der Waals surface area contributed by atoms with E-state index in [9.17, 15) is 0 Å². The van der Waals surface area contributed by atoms with Crippen LogP contribution in [0.4, 0.5) is 0 Å². The van der Waals surface area contributed by atoms with Crippen LogP contribution in [0.5, 0.6) is 17.2 Å². The highest BCUT2D eigenvalue weighted by molar-refractivity contribution is 9.10. The van der Waals surface area contributed by atoms with Gasteiger partial charge in [0.1, 0.15) is 5.75 Å². The molecule has 0 aromatic heterocycles. The number of hydrogen-bond donors (Lipinski definition) is 0. The van der Waals surface area contributed by atoms with Gasteiger partial charge in [0.05, 0.1) is 25.8 Å². The third kappa shape index (κ3) is 1.80. The van der Waals surface area contributed by atoms with Crippen molar-refractivity contribution >= 4 is 15.9 Å². The highest BCUT2D eigenvalue weighted by Crippen LogP contribution is 2.41. The number of halogens is 1. The van der Waals surface area contributed by atoms with Gasteiger partial charge < -0.3 is 14.2 Å². The average molecular weight is 261 g/mol. The molecule has 0 unspecified atom stereocenters. The fourth-order valence-electron chi connectivity index (χ4n) is 1.37. The average Bonchev–Trinajstić information content (AvgIpc) is 2.17. The molecule has 0 bridgehead atoms. The van der Waals surface area contributed by atoms with E-state index < -0.39 is 0 Å². The monoisotopic (exact) mass is 260 g/mol. The molecule has 3 nitrogen and oxygen atoms in total. The first kappa shape index (κ1) is 11.2. The molecule has 0 saturated heterocycles. The fraction of sp³-hybridized carbons (Fsp3) is 0.400. The molecule has 1 aromatic rings. The van der Waals surface area contributed by atoms with Crippen LogP contribution in [0.15, 0.2) is 10.5 Å². The topological polar surface area (TPSA) is 27.7 Å². The second-order valence-corrected chi connectivity index (χ2v) is 3.61. The van der Waals surface area contributed by atoms with E-state index >= 15 is 0 Å². The van der Waals surface area contributed by atoms with Crippen LogP contribution in [-0.2, 0) is 0 Å². The third-order valence-corrected chi connectivity index (χ3v) is 2.60. The number of methoxy groups -OCH3 is 3. The predicted molar refractivity (Wildman–Crippen MR) is 58.5 cm³/mol. The third-order valence-electron chi connectivity index (χ3n) is 2.01. The highest BCUT2D eigenvalue weighted by atomic mass is 79.9. The lowest BCUT2D eigenvalue weighted by Gasteiger charge is -2.14. The van der Waals surface area contributed by atoms with Crippen molar-refractivity contribution in [3.8, 4) is 17.2 Å². The van der Waals surface area contributed by atoms with Crippen LogP contribution in [0, 0.1) is 6.92 Å². The Morgan fingerprint density at radius 2 is 1.57 bits per heavy atom. The molecule has 0 fully saturated rings. The first-order valence-corrected chi connectivity index (χ1v) is 4.90. The summed E-state index contributed by atoms with van der Waals surface area (Å²) in [7, 11) is 4.84. The Balaban J connectivity index is 3.39. The van der Waals surface area contributed by atoms with Crippen LogP contribution in [0.1, 0.15) is 5.56 Å². The van der Waals surface area contributed by atoms with Crippen LogP contribution in [-0.4, -0.2) is 21.3 Å². The van der Waals surface area contributed by atoms with Crippen molar-refractivity contribution < 1.29 is 14.2 Å². The van der Waals surface area contributed by atoms with Gasteiger partial charge in [-0.1, -0.05) is 0 Å². The van der Waals surface area contributed by atoms with Crippen LogP contribution >= 0.6 is 15.9 Å². The van der Waals surface area contributed by atoms with Gasteiger partial charge in [0.25, 0.3) is 0 Å². The molecule has 0 amide bonds. The summed E-state index contributed by atoms with van der Waals surface area (Å²) in [6, 6.07) is 1.82. The molecule has 0 aliphatic carbocycles. The van der Waals surface area contributed by atoms with E-state index in [2.05, 4.69) is 15.9 Å². The Hall–Kier alpha value is -0.900. The van der Waals surface area contributed by atoms with Crippen LogP contribution in [0.3, 0.4) is 0 Å². The van der Waals surface area contributed by atoms with Gasteiger partial charge in [0.2, 0.25) is 0 Å². The van der Waals surface area contributed by atoms with E-state index in [0.717, 1.165) is 15.8 Å². The van der Waals surface area contributed by atoms with Crippen LogP contribution in [0.2, 0.25) is 0 Å². The quantitative estimate of drug-likeness (QED) is 0.837. The smallest absolute Gasteiger partial charge is 0.167 e. The molecular formula is C10H13BrO3. The number of rotatable bonds is 3. The minimum absolute atomic E-state index is 0.692. The van der Waals surface area contributed by atoms with Crippen molar-refractivity contribution in [2.45, 2.75) is 6.92 Å². The summed E-state index contributed by atoms with van der Waals surface area (Å²) in [6.07, 6.45) is 0. The first-order chi connectivity index (χ1) is 6.65. The summed E-state index contributed by atoms with van der Waals surface area (Å²) in [4.78, 5) is 0. The van der Waals surface area contributed by atoms with Gasteiger partial charge in [-0.15, -0.1) is 0 Å². The number of ether oxygens (including phenoxy) is 3. The highest BCUT2D eigenvalue weighted by Gasteiger charge is 2.15. The van der Waals surface area contributed by atoms with Crippen LogP contribution < -0.4 is 14.2 Å². The normalized spacial score (nSPS) is 9.79. The van der Waals surface area contributed by atoms with Gasteiger partial charge in [-0.05, 0) is 22.9 Å². The second-order valence-electron chi connectivity index (χ2n) is 2.75. The molecule has 0 radical (unpaired) electrons. The fourth-order valence-corrected chi connectivity index (χ4v) is 2.04. The van der Waals surface area contributed by atoms with Gasteiger partial charge in [-0.2, -0.15) is 0 Å². The molecule has 0 spiro atoms. The van der Waals surface area contributed by atoms with Gasteiger partial charge in [-0.3, -0.25) is 0 Å². The Morgan fingerprint density at radius 3 is 2.00 bits per heavy atom. The minimum atomic E-state index is 0.692. The Morgan fingerprint density at radius 1 is 1.00 bits per heavy atom. The van der Waals surface area contributed by atoms with Crippen molar-refractivity contribution in [1.29, 1.82) is 0 Å². The molecule has 0 heterocycles. The molecule has 14 heavy (non-hydrogen) atoms. The number of hydrogen-bond acceptors (Lipinski definition) is 3. The van der Waals surface area contributed by atoms with E-state index in [1.54, 1.807) is 21.3 Å². The predicted octanol–water partition coefficient (Wildman–Crippen LogP) is 2.78. The van der Waals surface area contributed by atoms with E-state index in [1.165, 1.54) is 0 Å². The van der Waals surface area contributed by atoms with E-state index in [-0.39, 0.29) is 0 Å². The maximum absolute atomic E-state index is 5.24. The van der Waals surface area contributed by atoms with E-state index in [4.69, 9.17) is 14.2 Å². The molecular weight excluding hydrogens is 248 g/mol. The molecule has 0 saturated carbocycles. The van der Waals surface area contributed by atoms with Gasteiger partial charge in [-0.25, -0.2) is 0 Å². The lowest BCUT2D eigenvalue weighted by Crippen LogP contribution is -1.97. The van der Waals surface area contributed by atoms with Gasteiger partial charge in [0.15, 0.2) is 11.5 Å². The Labute approximate surface area is 92.1 Å². The standard InChI is InChI=1S/C10H13BrO3/c1-6-9(13-3)7(11)5-8(12-2)10(6)14-4/h5H,1-4H3. The zero-order valence-corrected chi connectivity index (χ0v) is 10.3. The van der Waals surface area contributed by atoms with Crippen molar-refractivity contribution in [2.24, 2.45) is 0 Å². The summed E-state index contributed by atoms with van der Waals surface area (Å²) < 4.78 is 16.5. The SMILES string of the molecule is COc1cc(Br)c(OC)c(C)c1OC. The number of benzene rings is 1.